The number of hydrogen-bond donors (Lipinski definition) is 1. The Morgan fingerprint density at radius 3 is 2.20 bits per heavy atom. The second-order valence-electron chi connectivity index (χ2n) is 3.29. The second kappa shape index (κ2) is 4.49. The third-order valence-corrected chi connectivity index (χ3v) is 2.82. The molecule has 0 saturated heterocycles. The summed E-state index contributed by atoms with van der Waals surface area (Å²) in [5.41, 5.74) is -0.754. The van der Waals surface area contributed by atoms with Crippen molar-refractivity contribution in [3.8, 4) is 0 Å². The maximum absolute atomic E-state index is 11.6. The molecule has 1 unspecified atom stereocenters. The van der Waals surface area contributed by atoms with Crippen LogP contribution in [0.4, 0.5) is 0 Å². The van der Waals surface area contributed by atoms with Crippen LogP contribution in [0.1, 0.15) is 12.5 Å². The number of thiol groups is 1. The molecule has 0 aliphatic rings. The highest BCUT2D eigenvalue weighted by molar-refractivity contribution is 7.96. The summed E-state index contributed by atoms with van der Waals surface area (Å²) in [6.45, 7) is 1.50. The number of rotatable bonds is 3. The lowest BCUT2D eigenvalue weighted by molar-refractivity contribution is -0.149. The van der Waals surface area contributed by atoms with Gasteiger partial charge in [-0.1, -0.05) is 30.3 Å². The highest BCUT2D eigenvalue weighted by atomic mass is 32.1. The van der Waals surface area contributed by atoms with E-state index in [1.807, 2.05) is 6.07 Å². The predicted molar refractivity (Wildman–Crippen MR) is 59.8 cm³/mol. The number of ether oxygens (including phenoxy) is 1. The summed E-state index contributed by atoms with van der Waals surface area (Å²) in [5, 5.41) is -0.527. The van der Waals surface area contributed by atoms with Crippen molar-refractivity contribution in [1.82, 2.24) is 0 Å². The van der Waals surface area contributed by atoms with Crippen LogP contribution in [0.3, 0.4) is 0 Å². The van der Waals surface area contributed by atoms with Crippen molar-refractivity contribution in [2.24, 2.45) is 0 Å². The molecule has 0 saturated carbocycles. The summed E-state index contributed by atoms with van der Waals surface area (Å²) >= 11 is 3.74. The molecule has 3 nitrogen and oxygen atoms in total. The van der Waals surface area contributed by atoms with Crippen LogP contribution in [0.5, 0.6) is 0 Å². The van der Waals surface area contributed by atoms with Crippen molar-refractivity contribution in [3.63, 3.8) is 0 Å². The molecule has 0 radical (unpaired) electrons. The molecule has 1 aromatic rings. The van der Waals surface area contributed by atoms with Crippen molar-refractivity contribution in [2.75, 3.05) is 7.11 Å². The molecule has 15 heavy (non-hydrogen) atoms. The highest BCUT2D eigenvalue weighted by Crippen LogP contribution is 2.27. The Morgan fingerprint density at radius 2 is 1.80 bits per heavy atom. The van der Waals surface area contributed by atoms with E-state index in [9.17, 15) is 9.59 Å². The standard InChI is InChI=1S/C11H12O3S/c1-11(10(13)15,9(12)14-2)8-6-4-3-5-7-8/h3-7H,1-2H3,(H,13,15). The number of hydrogen-bond acceptors (Lipinski definition) is 3. The van der Waals surface area contributed by atoms with Gasteiger partial charge in [-0.3, -0.25) is 9.59 Å². The van der Waals surface area contributed by atoms with Crippen LogP contribution in [-0.4, -0.2) is 18.2 Å². The first-order valence-electron chi connectivity index (χ1n) is 4.40. The molecule has 0 N–H and O–H groups in total. The molecule has 0 aliphatic heterocycles. The van der Waals surface area contributed by atoms with Gasteiger partial charge in [-0.25, -0.2) is 0 Å². The molecule has 0 aliphatic carbocycles. The number of methoxy groups -OCH3 is 1. The fourth-order valence-corrected chi connectivity index (χ4v) is 1.52. The fourth-order valence-electron chi connectivity index (χ4n) is 1.30. The van der Waals surface area contributed by atoms with Gasteiger partial charge < -0.3 is 4.74 Å². The predicted octanol–water partition coefficient (Wildman–Crippen LogP) is 1.57. The van der Waals surface area contributed by atoms with Crippen LogP contribution in [0.25, 0.3) is 0 Å². The topological polar surface area (TPSA) is 43.4 Å². The molecule has 0 spiro atoms. The average Bonchev–Trinajstić information content (AvgIpc) is 2.27. The number of carbonyl (C=O) groups is 2. The monoisotopic (exact) mass is 224 g/mol. The minimum atomic E-state index is -1.33. The summed E-state index contributed by atoms with van der Waals surface area (Å²) in [6.07, 6.45) is 0. The minimum absolute atomic E-state index is 0.527. The molecule has 0 aromatic heterocycles. The van der Waals surface area contributed by atoms with E-state index in [4.69, 9.17) is 0 Å². The van der Waals surface area contributed by atoms with E-state index in [0.29, 0.717) is 5.56 Å². The van der Waals surface area contributed by atoms with E-state index >= 15 is 0 Å². The Bertz CT molecular complexity index is 375. The van der Waals surface area contributed by atoms with Gasteiger partial charge in [-0.2, -0.15) is 0 Å². The van der Waals surface area contributed by atoms with Crippen molar-refractivity contribution >= 4 is 23.7 Å². The van der Waals surface area contributed by atoms with Crippen LogP contribution in [0, 0.1) is 0 Å². The van der Waals surface area contributed by atoms with Crippen molar-refractivity contribution in [1.29, 1.82) is 0 Å². The minimum Gasteiger partial charge on any atom is -0.468 e. The quantitative estimate of drug-likeness (QED) is 0.481. The Balaban J connectivity index is 3.25. The molecule has 1 aromatic carbocycles. The molecule has 1 atom stereocenters. The van der Waals surface area contributed by atoms with Crippen molar-refractivity contribution < 1.29 is 14.3 Å². The van der Waals surface area contributed by atoms with Gasteiger partial charge in [-0.05, 0) is 12.5 Å². The smallest absolute Gasteiger partial charge is 0.324 e. The average molecular weight is 224 g/mol. The van der Waals surface area contributed by atoms with E-state index in [0.717, 1.165) is 0 Å². The molecular weight excluding hydrogens is 212 g/mol. The first-order chi connectivity index (χ1) is 7.03. The van der Waals surface area contributed by atoms with E-state index in [1.54, 1.807) is 24.3 Å². The first kappa shape index (κ1) is 11.8. The molecule has 0 amide bonds. The zero-order valence-electron chi connectivity index (χ0n) is 8.56. The van der Waals surface area contributed by atoms with Crippen LogP contribution >= 0.6 is 12.6 Å². The fraction of sp³-hybridized carbons (Fsp3) is 0.273. The second-order valence-corrected chi connectivity index (χ2v) is 3.69. The molecular formula is C11H12O3S. The normalized spacial score (nSPS) is 14.1. The van der Waals surface area contributed by atoms with Crippen LogP contribution in [0.2, 0.25) is 0 Å². The molecule has 0 fully saturated rings. The van der Waals surface area contributed by atoms with E-state index in [1.165, 1.54) is 14.0 Å². The Kier molecular flexibility index (Phi) is 3.52. The summed E-state index contributed by atoms with van der Waals surface area (Å²) in [7, 11) is 1.25. The van der Waals surface area contributed by atoms with Gasteiger partial charge in [0.15, 0.2) is 5.41 Å². The van der Waals surface area contributed by atoms with Crippen molar-refractivity contribution in [3.05, 3.63) is 35.9 Å². The van der Waals surface area contributed by atoms with Gasteiger partial charge in [0.05, 0.1) is 7.11 Å². The maximum Gasteiger partial charge on any atom is 0.324 e. The lowest BCUT2D eigenvalue weighted by atomic mass is 9.84. The summed E-state index contributed by atoms with van der Waals surface area (Å²) in [5.74, 6) is -0.603. The largest absolute Gasteiger partial charge is 0.468 e. The van der Waals surface area contributed by atoms with Crippen LogP contribution < -0.4 is 0 Å². The summed E-state index contributed by atoms with van der Waals surface area (Å²) < 4.78 is 4.62. The van der Waals surface area contributed by atoms with Gasteiger partial charge >= 0.3 is 5.97 Å². The van der Waals surface area contributed by atoms with Gasteiger partial charge in [0, 0.05) is 0 Å². The Morgan fingerprint density at radius 1 is 1.27 bits per heavy atom. The van der Waals surface area contributed by atoms with E-state index in [-0.39, 0.29) is 0 Å². The Hall–Kier alpha value is -1.29. The molecule has 0 heterocycles. The van der Waals surface area contributed by atoms with Gasteiger partial charge in [-0.15, -0.1) is 12.6 Å². The molecule has 0 bridgehead atoms. The number of esters is 1. The van der Waals surface area contributed by atoms with Gasteiger partial charge in [0.1, 0.15) is 0 Å². The Labute approximate surface area is 93.8 Å². The molecule has 4 heteroatoms. The first-order valence-corrected chi connectivity index (χ1v) is 4.85. The molecule has 1 rings (SSSR count). The van der Waals surface area contributed by atoms with Gasteiger partial charge in [0.25, 0.3) is 0 Å². The van der Waals surface area contributed by atoms with Gasteiger partial charge in [0.2, 0.25) is 5.12 Å². The third kappa shape index (κ3) is 2.04. The number of benzene rings is 1. The van der Waals surface area contributed by atoms with E-state index < -0.39 is 16.5 Å². The summed E-state index contributed by atoms with van der Waals surface area (Å²) in [4.78, 5) is 23.0. The van der Waals surface area contributed by atoms with Crippen LogP contribution in [-0.2, 0) is 19.7 Å². The number of carbonyl (C=O) groups excluding carboxylic acids is 2. The van der Waals surface area contributed by atoms with Crippen molar-refractivity contribution in [2.45, 2.75) is 12.3 Å². The zero-order valence-corrected chi connectivity index (χ0v) is 9.45. The maximum atomic E-state index is 11.6. The zero-order chi connectivity index (χ0) is 11.5. The highest BCUT2D eigenvalue weighted by Gasteiger charge is 2.42. The van der Waals surface area contributed by atoms with Crippen LogP contribution in [0.15, 0.2) is 30.3 Å². The third-order valence-electron chi connectivity index (χ3n) is 2.37. The summed E-state index contributed by atoms with van der Waals surface area (Å²) in [6, 6.07) is 8.72. The SMILES string of the molecule is COC(=O)C(C)(C(=O)S)c1ccccc1. The van der Waals surface area contributed by atoms with E-state index in [2.05, 4.69) is 17.4 Å². The lowest BCUT2D eigenvalue weighted by Crippen LogP contribution is -2.39. The lowest BCUT2D eigenvalue weighted by Gasteiger charge is -2.23. The molecule has 80 valence electrons.